The number of halogens is 1. The van der Waals surface area contributed by atoms with E-state index in [2.05, 4.69) is 4.98 Å². The van der Waals surface area contributed by atoms with Crippen LogP contribution in [-0.4, -0.2) is 20.6 Å². The summed E-state index contributed by atoms with van der Waals surface area (Å²) >= 11 is 0. The Kier molecular flexibility index (Phi) is 3.41. The lowest BCUT2D eigenvalue weighted by atomic mass is 10.1. The van der Waals surface area contributed by atoms with Gasteiger partial charge < -0.3 is 5.11 Å². The summed E-state index contributed by atoms with van der Waals surface area (Å²) in [6.45, 7) is 1.81. The van der Waals surface area contributed by atoms with Gasteiger partial charge in [-0.05, 0) is 30.2 Å². The molecule has 2 rings (SSSR count). The van der Waals surface area contributed by atoms with E-state index in [0.29, 0.717) is 5.56 Å². The number of benzene rings is 1. The average Bonchev–Trinajstić information content (AvgIpc) is 2.35. The highest BCUT2D eigenvalue weighted by molar-refractivity contribution is 5.89. The van der Waals surface area contributed by atoms with Crippen LogP contribution in [0, 0.1) is 12.7 Å². The number of carbonyl (C=O) groups is 1. The molecular formula is C13H11FN2O3. The van der Waals surface area contributed by atoms with Crippen LogP contribution >= 0.6 is 0 Å². The summed E-state index contributed by atoms with van der Waals surface area (Å²) in [4.78, 5) is 26.3. The smallest absolute Gasteiger partial charge is 0.347 e. The molecule has 0 radical (unpaired) electrons. The van der Waals surface area contributed by atoms with Gasteiger partial charge in [0.15, 0.2) is 0 Å². The number of aromatic nitrogens is 2. The molecule has 1 heterocycles. The topological polar surface area (TPSA) is 72.2 Å². The van der Waals surface area contributed by atoms with E-state index in [-0.39, 0.29) is 12.1 Å². The summed E-state index contributed by atoms with van der Waals surface area (Å²) in [7, 11) is 0. The molecule has 1 aromatic carbocycles. The minimum atomic E-state index is -1.23. The fourth-order valence-corrected chi connectivity index (χ4v) is 1.75. The molecule has 5 nitrogen and oxygen atoms in total. The Labute approximate surface area is 108 Å². The minimum absolute atomic E-state index is 0.0371. The Hall–Kier alpha value is -2.50. The molecule has 0 aliphatic rings. The summed E-state index contributed by atoms with van der Waals surface area (Å²) in [5.41, 5.74) is 0.488. The van der Waals surface area contributed by atoms with Crippen LogP contribution in [0.3, 0.4) is 0 Å². The summed E-state index contributed by atoms with van der Waals surface area (Å²) in [5, 5.41) is 9.02. The molecule has 0 saturated heterocycles. The van der Waals surface area contributed by atoms with E-state index >= 15 is 0 Å². The number of rotatable bonds is 3. The Morgan fingerprint density at radius 2 is 2.21 bits per heavy atom. The third-order valence-corrected chi connectivity index (χ3v) is 2.63. The fourth-order valence-electron chi connectivity index (χ4n) is 1.75. The molecule has 0 fully saturated rings. The first-order valence-electron chi connectivity index (χ1n) is 5.52. The Morgan fingerprint density at radius 3 is 2.89 bits per heavy atom. The molecule has 2 aromatic rings. The van der Waals surface area contributed by atoms with Gasteiger partial charge >= 0.3 is 11.7 Å². The minimum Gasteiger partial charge on any atom is -0.478 e. The molecule has 0 bridgehead atoms. The van der Waals surface area contributed by atoms with Crippen molar-refractivity contribution in [3.05, 3.63) is 63.6 Å². The normalized spacial score (nSPS) is 10.4. The summed E-state index contributed by atoms with van der Waals surface area (Å²) in [6, 6.07) is 3.45. The summed E-state index contributed by atoms with van der Waals surface area (Å²) < 4.78 is 14.3. The van der Waals surface area contributed by atoms with E-state index in [9.17, 15) is 14.0 Å². The molecule has 0 amide bonds. The van der Waals surface area contributed by atoms with Gasteiger partial charge in [0.1, 0.15) is 5.82 Å². The number of aromatic carboxylic acids is 1. The lowest BCUT2D eigenvalue weighted by molar-refractivity contribution is 0.0695. The first-order valence-corrected chi connectivity index (χ1v) is 5.52. The van der Waals surface area contributed by atoms with Gasteiger partial charge in [-0.3, -0.25) is 4.57 Å². The molecule has 98 valence electrons. The monoisotopic (exact) mass is 262 g/mol. The second-order valence-corrected chi connectivity index (χ2v) is 4.15. The lowest BCUT2D eigenvalue weighted by Gasteiger charge is -2.09. The molecule has 0 atom stereocenters. The van der Waals surface area contributed by atoms with Gasteiger partial charge in [0.05, 0.1) is 12.1 Å². The Morgan fingerprint density at radius 1 is 1.47 bits per heavy atom. The van der Waals surface area contributed by atoms with Crippen molar-refractivity contribution >= 4 is 5.97 Å². The number of carboxylic acid groups (broad SMARTS) is 1. The van der Waals surface area contributed by atoms with E-state index in [4.69, 9.17) is 5.11 Å². The number of carboxylic acids is 1. The fraction of sp³-hybridized carbons (Fsp3) is 0.154. The van der Waals surface area contributed by atoms with Gasteiger partial charge in [-0.15, -0.1) is 0 Å². The zero-order valence-electron chi connectivity index (χ0n) is 10.1. The maximum atomic E-state index is 13.0. The Bertz CT molecular complexity index is 695. The van der Waals surface area contributed by atoms with Crippen LogP contribution in [0.15, 0.2) is 35.4 Å². The largest absolute Gasteiger partial charge is 0.478 e. The molecule has 0 saturated carbocycles. The standard InChI is InChI=1S/C13H11FN2O3/c1-8-5-15-13(19)16(6-8)7-9-2-3-10(14)4-11(9)12(17)18/h2-6H,7H2,1H3,(H,17,18). The zero-order chi connectivity index (χ0) is 14.0. The van der Waals surface area contributed by atoms with Crippen LogP contribution in [-0.2, 0) is 6.54 Å². The van der Waals surface area contributed by atoms with Crippen molar-refractivity contribution in [2.24, 2.45) is 0 Å². The number of hydrogen-bond acceptors (Lipinski definition) is 3. The van der Waals surface area contributed by atoms with E-state index in [0.717, 1.165) is 17.7 Å². The van der Waals surface area contributed by atoms with E-state index in [1.165, 1.54) is 16.8 Å². The second kappa shape index (κ2) is 5.01. The molecule has 0 spiro atoms. The molecule has 1 aromatic heterocycles. The van der Waals surface area contributed by atoms with E-state index in [1.54, 1.807) is 13.1 Å². The molecule has 0 aliphatic heterocycles. The van der Waals surface area contributed by atoms with Gasteiger partial charge in [-0.1, -0.05) is 6.07 Å². The van der Waals surface area contributed by atoms with Gasteiger partial charge in [0, 0.05) is 12.4 Å². The van der Waals surface area contributed by atoms with Crippen LogP contribution in [0.5, 0.6) is 0 Å². The molecular weight excluding hydrogens is 251 g/mol. The quantitative estimate of drug-likeness (QED) is 0.908. The highest BCUT2D eigenvalue weighted by Crippen LogP contribution is 2.12. The first-order chi connectivity index (χ1) is 8.97. The van der Waals surface area contributed by atoms with Gasteiger partial charge in [0.25, 0.3) is 0 Å². The van der Waals surface area contributed by atoms with Gasteiger partial charge in [-0.25, -0.2) is 19.0 Å². The van der Waals surface area contributed by atoms with Crippen molar-refractivity contribution < 1.29 is 14.3 Å². The predicted octanol–water partition coefficient (Wildman–Crippen LogP) is 1.44. The third-order valence-electron chi connectivity index (χ3n) is 2.63. The summed E-state index contributed by atoms with van der Waals surface area (Å²) in [5.74, 6) is -1.86. The lowest BCUT2D eigenvalue weighted by Crippen LogP contribution is -2.23. The SMILES string of the molecule is Cc1cnc(=O)n(Cc2ccc(F)cc2C(=O)O)c1. The second-order valence-electron chi connectivity index (χ2n) is 4.15. The third kappa shape index (κ3) is 2.85. The highest BCUT2D eigenvalue weighted by Gasteiger charge is 2.12. The molecule has 0 aliphatic carbocycles. The zero-order valence-corrected chi connectivity index (χ0v) is 10.1. The van der Waals surface area contributed by atoms with Crippen molar-refractivity contribution in [2.75, 3.05) is 0 Å². The van der Waals surface area contributed by atoms with Crippen LogP contribution < -0.4 is 5.69 Å². The van der Waals surface area contributed by atoms with Crippen LogP contribution in [0.4, 0.5) is 4.39 Å². The maximum absolute atomic E-state index is 13.0. The van der Waals surface area contributed by atoms with Gasteiger partial charge in [-0.2, -0.15) is 0 Å². The number of nitrogens with zero attached hydrogens (tertiary/aromatic N) is 2. The molecule has 1 N–H and O–H groups in total. The molecule has 19 heavy (non-hydrogen) atoms. The van der Waals surface area contributed by atoms with Crippen molar-refractivity contribution in [3.8, 4) is 0 Å². The van der Waals surface area contributed by atoms with Crippen molar-refractivity contribution in [1.29, 1.82) is 0 Å². The average molecular weight is 262 g/mol. The highest BCUT2D eigenvalue weighted by atomic mass is 19.1. The van der Waals surface area contributed by atoms with E-state index in [1.807, 2.05) is 0 Å². The van der Waals surface area contributed by atoms with Crippen LogP contribution in [0.1, 0.15) is 21.5 Å². The number of aryl methyl sites for hydroxylation is 1. The predicted molar refractivity (Wildman–Crippen MR) is 65.7 cm³/mol. The van der Waals surface area contributed by atoms with E-state index < -0.39 is 17.5 Å². The van der Waals surface area contributed by atoms with Crippen molar-refractivity contribution in [1.82, 2.24) is 9.55 Å². The van der Waals surface area contributed by atoms with Gasteiger partial charge in [0.2, 0.25) is 0 Å². The molecule has 6 heteroatoms. The van der Waals surface area contributed by atoms with Crippen molar-refractivity contribution in [3.63, 3.8) is 0 Å². The van der Waals surface area contributed by atoms with Crippen molar-refractivity contribution in [2.45, 2.75) is 13.5 Å². The first kappa shape index (κ1) is 12.9. The Balaban J connectivity index is 2.46. The summed E-state index contributed by atoms with van der Waals surface area (Å²) in [6.07, 6.45) is 3.01. The maximum Gasteiger partial charge on any atom is 0.347 e. The molecule has 0 unspecified atom stereocenters. The van der Waals surface area contributed by atoms with Crippen LogP contribution in [0.25, 0.3) is 0 Å². The van der Waals surface area contributed by atoms with Crippen LogP contribution in [0.2, 0.25) is 0 Å². The number of hydrogen-bond donors (Lipinski definition) is 1.